The van der Waals surface area contributed by atoms with Crippen LogP contribution in [0.3, 0.4) is 0 Å². The van der Waals surface area contributed by atoms with Crippen LogP contribution in [0, 0.1) is 20.8 Å². The van der Waals surface area contributed by atoms with Gasteiger partial charge >= 0.3 is 5.97 Å². The van der Waals surface area contributed by atoms with E-state index in [1.807, 2.05) is 19.1 Å². The van der Waals surface area contributed by atoms with Crippen LogP contribution in [-0.2, 0) is 19.6 Å². The highest BCUT2D eigenvalue weighted by atomic mass is 32.2. The van der Waals surface area contributed by atoms with E-state index in [9.17, 15) is 18.0 Å². The van der Waals surface area contributed by atoms with Crippen LogP contribution in [0.1, 0.15) is 29.8 Å². The highest BCUT2D eigenvalue weighted by Gasteiger charge is 2.16. The molecule has 0 saturated heterocycles. The monoisotopic (exact) mass is 468 g/mol. The number of rotatable bonds is 8. The van der Waals surface area contributed by atoms with Crippen molar-refractivity contribution in [2.75, 3.05) is 10.0 Å². The first-order valence-corrected chi connectivity index (χ1v) is 11.6. The highest BCUT2D eigenvalue weighted by Crippen LogP contribution is 2.18. The van der Waals surface area contributed by atoms with E-state index in [-0.39, 0.29) is 23.7 Å². The molecule has 0 spiro atoms. The number of hydrogen-bond acceptors (Lipinski definition) is 7. The first-order chi connectivity index (χ1) is 15.6. The summed E-state index contributed by atoms with van der Waals surface area (Å²) >= 11 is 0. The molecular weight excluding hydrogens is 444 g/mol. The van der Waals surface area contributed by atoms with Gasteiger partial charge in [0.05, 0.1) is 11.3 Å². The Morgan fingerprint density at radius 2 is 1.48 bits per heavy atom. The quantitative estimate of drug-likeness (QED) is 0.382. The summed E-state index contributed by atoms with van der Waals surface area (Å²) in [7, 11) is -3.89. The van der Waals surface area contributed by atoms with Gasteiger partial charge in [0.2, 0.25) is 11.9 Å². The molecule has 33 heavy (non-hydrogen) atoms. The number of amides is 1. The molecule has 2 aromatic carbocycles. The zero-order valence-corrected chi connectivity index (χ0v) is 19.3. The zero-order chi connectivity index (χ0) is 24.0. The Morgan fingerprint density at radius 1 is 0.879 bits per heavy atom. The Kier molecular flexibility index (Phi) is 7.39. The minimum absolute atomic E-state index is 0.00932. The van der Waals surface area contributed by atoms with Gasteiger partial charge in [-0.25, -0.2) is 23.1 Å². The number of carbonyl (C=O) groups excluding carboxylic acids is 2. The third kappa shape index (κ3) is 7.11. The first-order valence-electron chi connectivity index (χ1n) is 10.1. The lowest BCUT2D eigenvalue weighted by Crippen LogP contribution is -2.17. The van der Waals surface area contributed by atoms with Gasteiger partial charge in [0.25, 0.3) is 10.0 Å². The lowest BCUT2D eigenvalue weighted by molar-refractivity contribution is -0.135. The lowest BCUT2D eigenvalue weighted by Gasteiger charge is -2.09. The minimum Gasteiger partial charge on any atom is -0.427 e. The van der Waals surface area contributed by atoms with Gasteiger partial charge in [-0.2, -0.15) is 0 Å². The summed E-state index contributed by atoms with van der Waals surface area (Å²) in [5.41, 5.74) is 2.72. The molecule has 2 N–H and O–H groups in total. The van der Waals surface area contributed by atoms with Crippen molar-refractivity contribution in [2.24, 2.45) is 0 Å². The van der Waals surface area contributed by atoms with E-state index in [1.165, 1.54) is 24.3 Å². The molecule has 1 heterocycles. The maximum Gasteiger partial charge on any atom is 0.311 e. The predicted molar refractivity (Wildman–Crippen MR) is 123 cm³/mol. The average Bonchev–Trinajstić information content (AvgIpc) is 2.73. The predicted octanol–water partition coefficient (Wildman–Crippen LogP) is 3.53. The Bertz CT molecular complexity index is 1240. The second-order valence-corrected chi connectivity index (χ2v) is 9.12. The summed E-state index contributed by atoms with van der Waals surface area (Å²) in [6.07, 6.45) is -0.164. The van der Waals surface area contributed by atoms with Crippen molar-refractivity contribution < 1.29 is 22.7 Å². The molecular formula is C23H24N4O5S. The van der Waals surface area contributed by atoms with Gasteiger partial charge in [0.15, 0.2) is 0 Å². The fourth-order valence-corrected chi connectivity index (χ4v) is 3.84. The number of hydrogen-bond donors (Lipinski definition) is 2. The summed E-state index contributed by atoms with van der Waals surface area (Å²) in [6.45, 7) is 5.41. The number of benzene rings is 2. The van der Waals surface area contributed by atoms with E-state index >= 15 is 0 Å². The fraction of sp³-hybridized carbons (Fsp3) is 0.217. The first kappa shape index (κ1) is 23.9. The number of esters is 1. The standard InChI is InChI=1S/C23H24N4O5S/c1-15-4-8-19(9-5-15)32-22(29)13-12-21(28)26-18-6-10-20(11-7-18)33(30,31)27-23-24-16(2)14-17(3)25-23/h4-11,14H,12-13H2,1-3H3,(H,26,28)(H,24,25,27). The molecule has 0 aliphatic carbocycles. The third-order valence-corrected chi connectivity index (χ3v) is 5.81. The van der Waals surface area contributed by atoms with E-state index in [2.05, 4.69) is 20.0 Å². The number of nitrogens with one attached hydrogen (secondary N) is 2. The summed E-state index contributed by atoms with van der Waals surface area (Å²) < 4.78 is 32.7. The highest BCUT2D eigenvalue weighted by molar-refractivity contribution is 7.92. The van der Waals surface area contributed by atoms with Crippen LogP contribution in [0.25, 0.3) is 0 Å². The van der Waals surface area contributed by atoms with Crippen LogP contribution in [0.2, 0.25) is 0 Å². The van der Waals surface area contributed by atoms with E-state index in [0.29, 0.717) is 22.8 Å². The molecule has 3 rings (SSSR count). The van der Waals surface area contributed by atoms with Gasteiger partial charge in [0, 0.05) is 23.5 Å². The largest absolute Gasteiger partial charge is 0.427 e. The van der Waals surface area contributed by atoms with Crippen LogP contribution in [-0.4, -0.2) is 30.3 Å². The van der Waals surface area contributed by atoms with Gasteiger partial charge in [-0.05, 0) is 63.2 Å². The summed E-state index contributed by atoms with van der Waals surface area (Å²) in [6, 6.07) is 14.4. The van der Waals surface area contributed by atoms with Crippen LogP contribution in [0.4, 0.5) is 11.6 Å². The van der Waals surface area contributed by atoms with E-state index in [1.54, 1.807) is 32.0 Å². The molecule has 0 radical (unpaired) electrons. The topological polar surface area (TPSA) is 127 Å². The summed E-state index contributed by atoms with van der Waals surface area (Å²) in [4.78, 5) is 32.2. The maximum absolute atomic E-state index is 12.6. The average molecular weight is 469 g/mol. The minimum atomic E-state index is -3.89. The van der Waals surface area contributed by atoms with Crippen LogP contribution < -0.4 is 14.8 Å². The number of anilines is 2. The number of nitrogens with zero attached hydrogens (tertiary/aromatic N) is 2. The second kappa shape index (κ2) is 10.2. The van der Waals surface area contributed by atoms with Crippen molar-refractivity contribution in [3.8, 4) is 5.75 Å². The Morgan fingerprint density at radius 3 is 2.09 bits per heavy atom. The van der Waals surface area contributed by atoms with Crippen molar-refractivity contribution in [3.63, 3.8) is 0 Å². The zero-order valence-electron chi connectivity index (χ0n) is 18.5. The number of ether oxygens (including phenoxy) is 1. The van der Waals surface area contributed by atoms with E-state index < -0.39 is 21.9 Å². The molecule has 172 valence electrons. The third-order valence-electron chi connectivity index (χ3n) is 4.47. The number of carbonyl (C=O) groups is 2. The molecule has 0 bridgehead atoms. The van der Waals surface area contributed by atoms with Crippen LogP contribution in [0.15, 0.2) is 59.5 Å². The van der Waals surface area contributed by atoms with Gasteiger partial charge < -0.3 is 10.1 Å². The normalized spacial score (nSPS) is 11.0. The van der Waals surface area contributed by atoms with E-state index in [0.717, 1.165) is 5.56 Å². The van der Waals surface area contributed by atoms with Crippen LogP contribution >= 0.6 is 0 Å². The van der Waals surface area contributed by atoms with Crippen molar-refractivity contribution >= 4 is 33.5 Å². The maximum atomic E-state index is 12.6. The Labute approximate surface area is 192 Å². The molecule has 0 atom stereocenters. The Balaban J connectivity index is 1.53. The van der Waals surface area contributed by atoms with Crippen molar-refractivity contribution in [2.45, 2.75) is 38.5 Å². The lowest BCUT2D eigenvalue weighted by atomic mass is 10.2. The van der Waals surface area contributed by atoms with Crippen molar-refractivity contribution in [3.05, 3.63) is 71.5 Å². The molecule has 0 aliphatic rings. The van der Waals surface area contributed by atoms with Gasteiger partial charge in [-0.3, -0.25) is 9.59 Å². The molecule has 10 heteroatoms. The molecule has 3 aromatic rings. The van der Waals surface area contributed by atoms with Gasteiger partial charge in [-0.15, -0.1) is 0 Å². The molecule has 0 aliphatic heterocycles. The van der Waals surface area contributed by atoms with E-state index in [4.69, 9.17) is 4.74 Å². The number of aryl methyl sites for hydroxylation is 3. The molecule has 1 aromatic heterocycles. The molecule has 0 fully saturated rings. The molecule has 0 saturated carbocycles. The summed E-state index contributed by atoms with van der Waals surface area (Å²) in [5, 5.41) is 2.63. The Hall–Kier alpha value is -3.79. The molecule has 9 nitrogen and oxygen atoms in total. The smallest absolute Gasteiger partial charge is 0.311 e. The van der Waals surface area contributed by atoms with Gasteiger partial charge in [0.1, 0.15) is 5.75 Å². The molecule has 1 amide bonds. The fourth-order valence-electron chi connectivity index (χ4n) is 2.90. The molecule has 0 unspecified atom stereocenters. The number of sulfonamides is 1. The van der Waals surface area contributed by atoms with Crippen molar-refractivity contribution in [1.29, 1.82) is 0 Å². The number of aromatic nitrogens is 2. The van der Waals surface area contributed by atoms with Gasteiger partial charge in [-0.1, -0.05) is 17.7 Å². The summed E-state index contributed by atoms with van der Waals surface area (Å²) in [5.74, 6) is -0.506. The van der Waals surface area contributed by atoms with Crippen molar-refractivity contribution in [1.82, 2.24) is 9.97 Å². The second-order valence-electron chi connectivity index (χ2n) is 7.44. The van der Waals surface area contributed by atoms with Crippen LogP contribution in [0.5, 0.6) is 5.75 Å². The SMILES string of the molecule is Cc1ccc(OC(=O)CCC(=O)Nc2ccc(S(=O)(=O)Nc3nc(C)cc(C)n3)cc2)cc1.